The van der Waals surface area contributed by atoms with Gasteiger partial charge in [0, 0.05) is 62.6 Å². The number of hydrogen-bond donors (Lipinski definition) is 3. The summed E-state index contributed by atoms with van der Waals surface area (Å²) in [6.07, 6.45) is 13.2. The second kappa shape index (κ2) is 11.2. The highest BCUT2D eigenvalue weighted by atomic mass is 16.5. The molecule has 2 heterocycles. The largest absolute Gasteiger partial charge is 0.505 e. The molecule has 3 rings (SSSR count). The molecule has 3 aliphatic rings. The van der Waals surface area contributed by atoms with Gasteiger partial charge in [0.1, 0.15) is 11.9 Å². The first-order chi connectivity index (χ1) is 16.2. The second-order valence-corrected chi connectivity index (χ2v) is 9.26. The van der Waals surface area contributed by atoms with Crippen LogP contribution in [-0.4, -0.2) is 63.3 Å². The van der Waals surface area contributed by atoms with E-state index in [4.69, 9.17) is 5.10 Å². The van der Waals surface area contributed by atoms with E-state index in [1.165, 1.54) is 0 Å². The third-order valence-electron chi connectivity index (χ3n) is 6.14. The fraction of sp³-hybridized carbons (Fsp3) is 0.481. The molecule has 3 N–H and O–H groups in total. The van der Waals surface area contributed by atoms with Gasteiger partial charge in [0.2, 0.25) is 6.20 Å². The molecule has 0 saturated heterocycles. The van der Waals surface area contributed by atoms with Crippen molar-refractivity contribution in [3.05, 3.63) is 58.9 Å². The summed E-state index contributed by atoms with van der Waals surface area (Å²) in [4.78, 5) is 0. The quantitative estimate of drug-likeness (QED) is 0.194. The number of hydrazone groups is 1. The third-order valence-corrected chi connectivity index (χ3v) is 6.14. The number of nitrogens with zero attached hydrogens (tertiary/aromatic N) is 4. The lowest BCUT2D eigenvalue weighted by Gasteiger charge is -2.35. The van der Waals surface area contributed by atoms with Crippen LogP contribution in [0, 0.1) is 17.3 Å². The fourth-order valence-corrected chi connectivity index (χ4v) is 3.95. The first kappa shape index (κ1) is 25.4. The first-order valence-electron chi connectivity index (χ1n) is 11.7. The molecule has 0 radical (unpaired) electrons. The average molecular weight is 463 g/mol. The van der Waals surface area contributed by atoms with Crippen molar-refractivity contribution < 1.29 is 15.1 Å². The van der Waals surface area contributed by atoms with Crippen LogP contribution in [0.3, 0.4) is 0 Å². The van der Waals surface area contributed by atoms with Crippen LogP contribution in [0.4, 0.5) is 0 Å². The highest BCUT2D eigenvalue weighted by Crippen LogP contribution is 2.29. The van der Waals surface area contributed by atoms with E-state index < -0.39 is 5.41 Å². The maximum atomic E-state index is 9.98. The third kappa shape index (κ3) is 6.87. The topological polar surface area (TPSA) is 74.3 Å². The molecule has 0 amide bonds. The molecular weight excluding hydrogens is 426 g/mol. The molecule has 0 saturated carbocycles. The number of aliphatic hydroxyl groups is 1. The van der Waals surface area contributed by atoms with Crippen molar-refractivity contribution in [1.29, 1.82) is 0 Å². The van der Waals surface area contributed by atoms with Gasteiger partial charge in [-0.1, -0.05) is 23.8 Å². The van der Waals surface area contributed by atoms with Crippen LogP contribution in [0.15, 0.2) is 64.0 Å². The summed E-state index contributed by atoms with van der Waals surface area (Å²) in [7, 11) is 4.00. The standard InChI is InChI=1S/C27H35N5O2/c1-21-10-9-12-23(11-7-6-8-13-24(33)18-21)25-20-28-30(4)26(31(5)29-25)19-27(3)15-14-22(2)32(34)17-16-27/h6-7,9,16-17,26,28H,8,10-11,13,19-20H2,1-5H3,(H-,33,34)/p+1. The Bertz CT molecular complexity index is 1120. The van der Waals surface area contributed by atoms with E-state index in [1.807, 2.05) is 38.2 Å². The van der Waals surface area contributed by atoms with Gasteiger partial charge in [-0.05, 0) is 38.3 Å². The van der Waals surface area contributed by atoms with E-state index in [1.54, 1.807) is 13.1 Å². The van der Waals surface area contributed by atoms with Gasteiger partial charge in [0.05, 0.1) is 17.7 Å². The molecule has 7 nitrogen and oxygen atoms in total. The lowest BCUT2D eigenvalue weighted by atomic mass is 9.86. The zero-order chi connectivity index (χ0) is 24.7. The van der Waals surface area contributed by atoms with Crippen molar-refractivity contribution in [3.63, 3.8) is 0 Å². The Morgan fingerprint density at radius 2 is 2.06 bits per heavy atom. The molecule has 180 valence electrons. The number of hydroxylamine groups is 1. The molecule has 0 aromatic carbocycles. The minimum atomic E-state index is -0.425. The van der Waals surface area contributed by atoms with Crippen molar-refractivity contribution in [3.8, 4) is 11.8 Å². The molecule has 0 bridgehead atoms. The van der Waals surface area contributed by atoms with Gasteiger partial charge < -0.3 is 5.11 Å². The van der Waals surface area contributed by atoms with Crippen molar-refractivity contribution in [2.75, 3.05) is 20.6 Å². The van der Waals surface area contributed by atoms with Crippen LogP contribution in [0.25, 0.3) is 0 Å². The zero-order valence-electron chi connectivity index (χ0n) is 20.9. The van der Waals surface area contributed by atoms with Crippen LogP contribution >= 0.6 is 0 Å². The number of aliphatic hydroxyl groups excluding tert-OH is 1. The Kier molecular flexibility index (Phi) is 8.39. The molecule has 2 atom stereocenters. The zero-order valence-corrected chi connectivity index (χ0v) is 20.9. The summed E-state index contributed by atoms with van der Waals surface area (Å²) < 4.78 is 1.07. The van der Waals surface area contributed by atoms with E-state index >= 15 is 0 Å². The Balaban J connectivity index is 1.86. The minimum Gasteiger partial charge on any atom is -0.505 e. The van der Waals surface area contributed by atoms with E-state index in [-0.39, 0.29) is 6.17 Å². The predicted octanol–water partition coefficient (Wildman–Crippen LogP) is 4.04. The summed E-state index contributed by atoms with van der Waals surface area (Å²) in [5.74, 6) is 6.66. The monoisotopic (exact) mass is 462 g/mol. The highest BCUT2D eigenvalue weighted by Gasteiger charge is 2.33. The average Bonchev–Trinajstić information content (AvgIpc) is 3.00. The number of rotatable bonds is 3. The van der Waals surface area contributed by atoms with Gasteiger partial charge in [-0.25, -0.2) is 10.4 Å². The summed E-state index contributed by atoms with van der Waals surface area (Å²) in [5, 5.41) is 29.0. The number of allylic oxidation sites excluding steroid dienone is 4. The number of hydrogen-bond acceptors (Lipinski definition) is 6. The van der Waals surface area contributed by atoms with Crippen molar-refractivity contribution in [1.82, 2.24) is 15.4 Å². The van der Waals surface area contributed by atoms with Crippen molar-refractivity contribution in [2.45, 2.75) is 59.0 Å². The maximum absolute atomic E-state index is 9.98. The second-order valence-electron chi connectivity index (χ2n) is 9.26. The van der Waals surface area contributed by atoms with Gasteiger partial charge in [-0.3, -0.25) is 10.2 Å². The minimum absolute atomic E-state index is 0.0448. The first-order valence-corrected chi connectivity index (χ1v) is 11.7. The van der Waals surface area contributed by atoms with E-state index in [9.17, 15) is 10.3 Å². The molecule has 2 aliphatic heterocycles. The smallest absolute Gasteiger partial charge is 0.280 e. The van der Waals surface area contributed by atoms with Gasteiger partial charge in [-0.15, -0.1) is 5.73 Å². The molecular formula is C27H36N5O2+. The van der Waals surface area contributed by atoms with Gasteiger partial charge in [0.25, 0.3) is 5.71 Å². The van der Waals surface area contributed by atoms with E-state index in [2.05, 4.69) is 52.8 Å². The molecule has 2 unspecified atom stereocenters. The molecule has 1 aliphatic carbocycles. The van der Waals surface area contributed by atoms with Crippen LogP contribution in [0.1, 0.15) is 52.9 Å². The Morgan fingerprint density at radius 3 is 2.85 bits per heavy atom. The summed E-state index contributed by atoms with van der Waals surface area (Å²) in [6.45, 7) is 6.42. The molecule has 0 aromatic rings. The fourth-order valence-electron chi connectivity index (χ4n) is 3.95. The van der Waals surface area contributed by atoms with Crippen LogP contribution in [0.5, 0.6) is 0 Å². The van der Waals surface area contributed by atoms with Gasteiger partial charge >= 0.3 is 0 Å². The van der Waals surface area contributed by atoms with Gasteiger partial charge in [-0.2, -0.15) is 5.10 Å². The molecule has 0 spiro atoms. The molecule has 7 heteroatoms. The normalized spacial score (nSPS) is 26.7. The van der Waals surface area contributed by atoms with Crippen LogP contribution < -0.4 is 5.43 Å². The van der Waals surface area contributed by atoms with Crippen molar-refractivity contribution >= 4 is 11.4 Å². The highest BCUT2D eigenvalue weighted by molar-refractivity contribution is 6.01. The lowest BCUT2D eigenvalue weighted by Crippen LogP contribution is -2.49. The number of nitrogens with one attached hydrogen (secondary N) is 1. The number of hydrazine groups is 1. The summed E-state index contributed by atoms with van der Waals surface area (Å²) in [5.41, 5.74) is 13.1. The SMILES string of the molecule is CC1=C=C(O)CCC=CCC(C2=NN(C)C(CC3(C)C#CC(C)=[N+](O)C=C3)N(C)NC2)=C=CC1. The molecule has 34 heavy (non-hydrogen) atoms. The van der Waals surface area contributed by atoms with E-state index in [0.717, 1.165) is 34.4 Å². The van der Waals surface area contributed by atoms with Gasteiger partial charge in [0.15, 0.2) is 0 Å². The summed E-state index contributed by atoms with van der Waals surface area (Å²) >= 11 is 0. The van der Waals surface area contributed by atoms with E-state index in [0.29, 0.717) is 37.3 Å². The lowest BCUT2D eigenvalue weighted by molar-refractivity contribution is -0.724. The predicted molar refractivity (Wildman–Crippen MR) is 135 cm³/mol. The Labute approximate surface area is 203 Å². The molecule has 0 aromatic heterocycles. The Morgan fingerprint density at radius 1 is 1.26 bits per heavy atom. The Hall–Kier alpha value is -3.26. The summed E-state index contributed by atoms with van der Waals surface area (Å²) in [6, 6.07) is 0. The maximum Gasteiger partial charge on any atom is 0.280 e. The van der Waals surface area contributed by atoms with Crippen molar-refractivity contribution in [2.24, 2.45) is 10.5 Å². The van der Waals surface area contributed by atoms with Crippen LogP contribution in [0.2, 0.25) is 0 Å². The van der Waals surface area contributed by atoms with Crippen LogP contribution in [-0.2, 0) is 0 Å². The molecule has 0 fully saturated rings.